The third-order valence-corrected chi connectivity index (χ3v) is 4.96. The number of carbonyl (C=O) groups excluding carboxylic acids is 1. The van der Waals surface area contributed by atoms with Crippen molar-refractivity contribution in [1.29, 1.82) is 0 Å². The van der Waals surface area contributed by atoms with E-state index >= 15 is 0 Å². The molecule has 0 radical (unpaired) electrons. The van der Waals surface area contributed by atoms with Gasteiger partial charge in [0.25, 0.3) is 0 Å². The standard InChI is InChI=1S/C21H21FN4O2/c1-28-19-12-14(2-3-18(19)22)13-25-21(27)26-10-6-15(7-11-26)16-4-8-23-20-17(16)5-9-24-20/h2-6,8-9,12H,7,10-11,13H2,1H3,(H,23,24)(H,25,27). The number of urea groups is 1. The molecule has 144 valence electrons. The number of halogens is 1. The average Bonchev–Trinajstić information content (AvgIpc) is 3.22. The molecular formula is C21H21FN4O2. The predicted molar refractivity (Wildman–Crippen MR) is 105 cm³/mol. The zero-order valence-corrected chi connectivity index (χ0v) is 15.5. The van der Waals surface area contributed by atoms with Gasteiger partial charge in [-0.3, -0.25) is 0 Å². The molecule has 1 aromatic carbocycles. The van der Waals surface area contributed by atoms with E-state index in [2.05, 4.69) is 21.4 Å². The summed E-state index contributed by atoms with van der Waals surface area (Å²) in [4.78, 5) is 21.7. The van der Waals surface area contributed by atoms with E-state index < -0.39 is 5.82 Å². The van der Waals surface area contributed by atoms with Crippen LogP contribution in [0.15, 0.2) is 48.8 Å². The molecule has 0 saturated heterocycles. The highest BCUT2D eigenvalue weighted by molar-refractivity contribution is 5.90. The number of fused-ring (bicyclic) bond motifs is 1. The predicted octanol–water partition coefficient (Wildman–Crippen LogP) is 3.71. The lowest BCUT2D eigenvalue weighted by Crippen LogP contribution is -2.41. The number of pyridine rings is 1. The van der Waals surface area contributed by atoms with Crippen LogP contribution in [0.2, 0.25) is 0 Å². The highest BCUT2D eigenvalue weighted by Crippen LogP contribution is 2.28. The highest BCUT2D eigenvalue weighted by atomic mass is 19.1. The van der Waals surface area contributed by atoms with Crippen LogP contribution in [0.5, 0.6) is 5.75 Å². The molecule has 0 saturated carbocycles. The maximum absolute atomic E-state index is 13.5. The number of aromatic nitrogens is 2. The van der Waals surface area contributed by atoms with Gasteiger partial charge in [0.15, 0.2) is 11.6 Å². The van der Waals surface area contributed by atoms with Crippen LogP contribution in [-0.4, -0.2) is 41.1 Å². The van der Waals surface area contributed by atoms with Gasteiger partial charge in [0, 0.05) is 37.4 Å². The van der Waals surface area contributed by atoms with Crippen molar-refractivity contribution in [2.24, 2.45) is 0 Å². The molecule has 1 aliphatic heterocycles. The first kappa shape index (κ1) is 18.0. The minimum absolute atomic E-state index is 0.139. The summed E-state index contributed by atoms with van der Waals surface area (Å²) >= 11 is 0. The third kappa shape index (κ3) is 3.55. The Morgan fingerprint density at radius 2 is 2.25 bits per heavy atom. The lowest BCUT2D eigenvalue weighted by Gasteiger charge is -2.27. The van der Waals surface area contributed by atoms with Gasteiger partial charge in [-0.15, -0.1) is 0 Å². The summed E-state index contributed by atoms with van der Waals surface area (Å²) < 4.78 is 18.5. The number of benzene rings is 1. The monoisotopic (exact) mass is 380 g/mol. The second kappa shape index (κ2) is 7.72. The Balaban J connectivity index is 1.39. The average molecular weight is 380 g/mol. The smallest absolute Gasteiger partial charge is 0.317 e. The Bertz CT molecular complexity index is 1040. The number of methoxy groups -OCH3 is 1. The molecule has 0 unspecified atom stereocenters. The van der Waals surface area contributed by atoms with Gasteiger partial charge in [-0.2, -0.15) is 0 Å². The van der Waals surface area contributed by atoms with Crippen molar-refractivity contribution in [3.63, 3.8) is 0 Å². The van der Waals surface area contributed by atoms with Crippen LogP contribution in [-0.2, 0) is 6.54 Å². The van der Waals surface area contributed by atoms with Crippen LogP contribution in [0.25, 0.3) is 16.6 Å². The van der Waals surface area contributed by atoms with E-state index in [1.807, 2.05) is 18.3 Å². The Labute approximate surface area is 162 Å². The first-order valence-electron chi connectivity index (χ1n) is 9.12. The van der Waals surface area contributed by atoms with E-state index in [1.54, 1.807) is 23.2 Å². The van der Waals surface area contributed by atoms with Crippen LogP contribution in [0, 0.1) is 5.82 Å². The number of amides is 2. The molecule has 3 heterocycles. The number of carbonyl (C=O) groups is 1. The van der Waals surface area contributed by atoms with Crippen molar-refractivity contribution in [1.82, 2.24) is 20.2 Å². The van der Waals surface area contributed by atoms with E-state index in [9.17, 15) is 9.18 Å². The summed E-state index contributed by atoms with van der Waals surface area (Å²) in [6, 6.07) is 8.47. The summed E-state index contributed by atoms with van der Waals surface area (Å²) in [7, 11) is 1.42. The summed E-state index contributed by atoms with van der Waals surface area (Å²) in [6.45, 7) is 1.50. The Morgan fingerprint density at radius 3 is 3.04 bits per heavy atom. The topological polar surface area (TPSA) is 70.2 Å². The molecule has 1 aliphatic rings. The molecule has 7 heteroatoms. The fourth-order valence-electron chi connectivity index (χ4n) is 3.44. The number of ether oxygens (including phenoxy) is 1. The molecule has 4 rings (SSSR count). The van der Waals surface area contributed by atoms with Crippen molar-refractivity contribution < 1.29 is 13.9 Å². The molecular weight excluding hydrogens is 359 g/mol. The van der Waals surface area contributed by atoms with E-state index in [0.29, 0.717) is 19.6 Å². The zero-order chi connectivity index (χ0) is 19.5. The molecule has 2 amide bonds. The lowest BCUT2D eigenvalue weighted by molar-refractivity contribution is 0.202. The number of H-pyrrole nitrogens is 1. The Morgan fingerprint density at radius 1 is 1.36 bits per heavy atom. The summed E-state index contributed by atoms with van der Waals surface area (Å²) in [5.74, 6) is -0.246. The van der Waals surface area contributed by atoms with Crippen LogP contribution < -0.4 is 10.1 Å². The number of hydrogen-bond donors (Lipinski definition) is 2. The maximum Gasteiger partial charge on any atom is 0.317 e. The molecule has 0 bridgehead atoms. The lowest BCUT2D eigenvalue weighted by atomic mass is 9.98. The van der Waals surface area contributed by atoms with Gasteiger partial charge >= 0.3 is 6.03 Å². The van der Waals surface area contributed by atoms with Crippen LogP contribution >= 0.6 is 0 Å². The highest BCUT2D eigenvalue weighted by Gasteiger charge is 2.19. The Hall–Kier alpha value is -3.35. The van der Waals surface area contributed by atoms with Crippen molar-refractivity contribution in [3.05, 3.63) is 65.7 Å². The summed E-state index contributed by atoms with van der Waals surface area (Å²) in [5.41, 5.74) is 4.03. The van der Waals surface area contributed by atoms with Gasteiger partial charge in [-0.05, 0) is 47.4 Å². The number of aromatic amines is 1. The first-order valence-corrected chi connectivity index (χ1v) is 9.12. The van der Waals surface area contributed by atoms with Gasteiger partial charge in [-0.25, -0.2) is 14.2 Å². The van der Waals surface area contributed by atoms with Crippen molar-refractivity contribution >= 4 is 22.6 Å². The molecule has 0 atom stereocenters. The quantitative estimate of drug-likeness (QED) is 0.725. The first-order chi connectivity index (χ1) is 13.7. The molecule has 0 fully saturated rings. The fraction of sp³-hybridized carbons (Fsp3) is 0.238. The Kier molecular flexibility index (Phi) is 4.97. The van der Waals surface area contributed by atoms with E-state index in [-0.39, 0.29) is 11.8 Å². The minimum atomic E-state index is -0.418. The number of nitrogens with one attached hydrogen (secondary N) is 2. The molecule has 0 aliphatic carbocycles. The van der Waals surface area contributed by atoms with Crippen molar-refractivity contribution in [2.75, 3.05) is 20.2 Å². The van der Waals surface area contributed by atoms with E-state index in [1.165, 1.54) is 18.7 Å². The van der Waals surface area contributed by atoms with Crippen LogP contribution in [0.1, 0.15) is 17.5 Å². The number of nitrogens with zero attached hydrogens (tertiary/aromatic N) is 2. The van der Waals surface area contributed by atoms with Gasteiger partial charge < -0.3 is 19.9 Å². The largest absolute Gasteiger partial charge is 0.494 e. The van der Waals surface area contributed by atoms with E-state index in [4.69, 9.17) is 4.74 Å². The van der Waals surface area contributed by atoms with Gasteiger partial charge in [0.1, 0.15) is 5.65 Å². The summed E-state index contributed by atoms with van der Waals surface area (Å²) in [5, 5.41) is 3.98. The van der Waals surface area contributed by atoms with Gasteiger partial charge in [0.05, 0.1) is 7.11 Å². The molecule has 0 spiro atoms. The van der Waals surface area contributed by atoms with Gasteiger partial charge in [0.2, 0.25) is 0 Å². The number of hydrogen-bond acceptors (Lipinski definition) is 3. The second-order valence-corrected chi connectivity index (χ2v) is 6.65. The SMILES string of the molecule is COc1cc(CNC(=O)N2CC=C(c3ccnc4[nH]ccc34)CC2)ccc1F. The molecule has 6 nitrogen and oxygen atoms in total. The maximum atomic E-state index is 13.5. The van der Waals surface area contributed by atoms with E-state index in [0.717, 1.165) is 28.6 Å². The molecule has 28 heavy (non-hydrogen) atoms. The fourth-order valence-corrected chi connectivity index (χ4v) is 3.44. The molecule has 2 aromatic heterocycles. The van der Waals surface area contributed by atoms with Crippen LogP contribution in [0.4, 0.5) is 9.18 Å². The van der Waals surface area contributed by atoms with Crippen molar-refractivity contribution in [3.8, 4) is 5.75 Å². The summed E-state index contributed by atoms with van der Waals surface area (Å²) in [6.07, 6.45) is 6.55. The minimum Gasteiger partial charge on any atom is -0.494 e. The zero-order valence-electron chi connectivity index (χ0n) is 15.5. The molecule has 3 aromatic rings. The second-order valence-electron chi connectivity index (χ2n) is 6.65. The normalized spacial score (nSPS) is 14.1. The third-order valence-electron chi connectivity index (χ3n) is 4.96. The molecule has 2 N–H and O–H groups in total. The van der Waals surface area contributed by atoms with Crippen molar-refractivity contribution in [2.45, 2.75) is 13.0 Å². The van der Waals surface area contributed by atoms with Gasteiger partial charge in [-0.1, -0.05) is 12.1 Å². The number of rotatable bonds is 4. The van der Waals surface area contributed by atoms with Crippen LogP contribution in [0.3, 0.4) is 0 Å².